The molecule has 1 aromatic carbocycles. The van der Waals surface area contributed by atoms with E-state index in [1.54, 1.807) is 12.3 Å². The van der Waals surface area contributed by atoms with Crippen molar-refractivity contribution in [2.24, 2.45) is 0 Å². The maximum Gasteiger partial charge on any atom is 0.252 e. The van der Waals surface area contributed by atoms with Crippen LogP contribution in [-0.4, -0.2) is 58.8 Å². The fourth-order valence-electron chi connectivity index (χ4n) is 6.06. The van der Waals surface area contributed by atoms with Gasteiger partial charge in [-0.15, -0.1) is 0 Å². The predicted molar refractivity (Wildman–Crippen MR) is 148 cm³/mol. The van der Waals surface area contributed by atoms with Gasteiger partial charge in [0, 0.05) is 63.1 Å². The van der Waals surface area contributed by atoms with Gasteiger partial charge in [-0.1, -0.05) is 38.1 Å². The summed E-state index contributed by atoms with van der Waals surface area (Å²) in [5.41, 5.74) is 3.29. The van der Waals surface area contributed by atoms with Crippen LogP contribution in [0.1, 0.15) is 69.7 Å². The molecule has 0 amide bonds. The minimum absolute atomic E-state index is 0.0129. The van der Waals surface area contributed by atoms with Gasteiger partial charge in [0.15, 0.2) is 0 Å². The second kappa shape index (κ2) is 11.3. The number of hydrogen-bond donors (Lipinski definition) is 2. The molecule has 0 spiro atoms. The molecule has 198 valence electrons. The number of pyridine rings is 1. The van der Waals surface area contributed by atoms with Crippen molar-refractivity contribution in [2.75, 3.05) is 44.7 Å². The molecule has 1 atom stereocenters. The van der Waals surface area contributed by atoms with Crippen LogP contribution in [0.25, 0.3) is 11.0 Å². The van der Waals surface area contributed by atoms with E-state index >= 15 is 0 Å². The number of piperazine rings is 1. The Labute approximate surface area is 219 Å². The number of ether oxygens (including phenoxy) is 1. The lowest BCUT2D eigenvalue weighted by Gasteiger charge is -2.48. The van der Waals surface area contributed by atoms with Gasteiger partial charge in [0.1, 0.15) is 5.65 Å². The number of aromatic nitrogens is 3. The SMILES string of the molecule is CCC(CC)n1c(=O)ccc2cnc(N[C@@H](C)c3ccc(C4(N5CCNCC5)CCOCC4)cc3)nc21. The summed E-state index contributed by atoms with van der Waals surface area (Å²) in [6.07, 6.45) is 5.63. The van der Waals surface area contributed by atoms with Crippen molar-refractivity contribution in [1.29, 1.82) is 0 Å². The molecule has 2 aromatic heterocycles. The predicted octanol–water partition coefficient (Wildman–Crippen LogP) is 4.24. The molecule has 0 bridgehead atoms. The van der Waals surface area contributed by atoms with Gasteiger partial charge < -0.3 is 15.4 Å². The summed E-state index contributed by atoms with van der Waals surface area (Å²) in [4.78, 5) is 24.7. The lowest BCUT2D eigenvalue weighted by molar-refractivity contribution is -0.0373. The average Bonchev–Trinajstić information content (AvgIpc) is 2.95. The molecule has 0 saturated carbocycles. The minimum Gasteiger partial charge on any atom is -0.381 e. The summed E-state index contributed by atoms with van der Waals surface area (Å²) >= 11 is 0. The topological polar surface area (TPSA) is 84.3 Å². The Morgan fingerprint density at radius 1 is 1.05 bits per heavy atom. The van der Waals surface area contributed by atoms with E-state index in [-0.39, 0.29) is 23.2 Å². The van der Waals surface area contributed by atoms with Crippen molar-refractivity contribution in [1.82, 2.24) is 24.8 Å². The molecule has 0 radical (unpaired) electrons. The molecule has 2 fully saturated rings. The van der Waals surface area contributed by atoms with Gasteiger partial charge in [0.05, 0.1) is 11.6 Å². The Balaban J connectivity index is 1.38. The second-order valence-corrected chi connectivity index (χ2v) is 10.4. The number of fused-ring (bicyclic) bond motifs is 1. The van der Waals surface area contributed by atoms with Crippen LogP contribution < -0.4 is 16.2 Å². The van der Waals surface area contributed by atoms with Crippen molar-refractivity contribution < 1.29 is 4.74 Å². The van der Waals surface area contributed by atoms with Gasteiger partial charge in [0.2, 0.25) is 5.95 Å². The molecule has 37 heavy (non-hydrogen) atoms. The number of rotatable bonds is 8. The summed E-state index contributed by atoms with van der Waals surface area (Å²) in [5, 5.41) is 7.83. The first-order chi connectivity index (χ1) is 18.1. The van der Waals surface area contributed by atoms with E-state index in [1.807, 2.05) is 10.6 Å². The molecule has 2 N–H and O–H groups in total. The molecule has 2 aliphatic heterocycles. The lowest BCUT2D eigenvalue weighted by atomic mass is 9.80. The molecular formula is C29H40N6O2. The molecular weight excluding hydrogens is 464 g/mol. The molecule has 3 aromatic rings. The van der Waals surface area contributed by atoms with Crippen LogP contribution in [-0.2, 0) is 10.3 Å². The quantitative estimate of drug-likeness (QED) is 0.475. The highest BCUT2D eigenvalue weighted by Gasteiger charge is 2.40. The van der Waals surface area contributed by atoms with E-state index in [1.165, 1.54) is 11.1 Å². The molecule has 4 heterocycles. The Bertz CT molecular complexity index is 1240. The second-order valence-electron chi connectivity index (χ2n) is 10.4. The molecule has 5 rings (SSSR count). The summed E-state index contributed by atoms with van der Waals surface area (Å²) in [6.45, 7) is 12.2. The highest BCUT2D eigenvalue weighted by Crippen LogP contribution is 2.39. The third-order valence-corrected chi connectivity index (χ3v) is 8.31. The zero-order valence-corrected chi connectivity index (χ0v) is 22.4. The summed E-state index contributed by atoms with van der Waals surface area (Å²) in [7, 11) is 0. The highest BCUT2D eigenvalue weighted by atomic mass is 16.5. The standard InChI is InChI=1S/C29H40N6O2/c1-4-25(5-2)35-26(36)11-8-23-20-31-28(33-27(23)35)32-21(3)22-6-9-24(10-7-22)29(12-18-37-19-13-29)34-16-14-30-15-17-34/h6-11,20-21,25,30H,4-5,12-19H2,1-3H3,(H,31,32,33)/t21-/m0/s1. The summed E-state index contributed by atoms with van der Waals surface area (Å²) < 4.78 is 7.58. The zero-order chi connectivity index (χ0) is 25.8. The number of benzene rings is 1. The number of nitrogens with zero attached hydrogens (tertiary/aromatic N) is 4. The van der Waals surface area contributed by atoms with Crippen LogP contribution >= 0.6 is 0 Å². The van der Waals surface area contributed by atoms with Gasteiger partial charge in [-0.3, -0.25) is 14.3 Å². The highest BCUT2D eigenvalue weighted by molar-refractivity contribution is 5.75. The lowest BCUT2D eigenvalue weighted by Crippen LogP contribution is -2.56. The van der Waals surface area contributed by atoms with Crippen molar-refractivity contribution in [3.8, 4) is 0 Å². The fraction of sp³-hybridized carbons (Fsp3) is 0.552. The van der Waals surface area contributed by atoms with Gasteiger partial charge in [-0.05, 0) is 49.8 Å². The van der Waals surface area contributed by atoms with E-state index in [2.05, 4.69) is 65.6 Å². The third kappa shape index (κ3) is 5.15. The number of nitrogens with one attached hydrogen (secondary N) is 2. The third-order valence-electron chi connectivity index (χ3n) is 8.31. The first-order valence-electron chi connectivity index (χ1n) is 13.8. The number of anilines is 1. The smallest absolute Gasteiger partial charge is 0.252 e. The molecule has 8 nitrogen and oxygen atoms in total. The molecule has 2 saturated heterocycles. The Hall–Kier alpha value is -2.81. The van der Waals surface area contributed by atoms with Crippen LogP contribution in [0.2, 0.25) is 0 Å². The normalized spacial score (nSPS) is 19.2. The molecule has 0 unspecified atom stereocenters. The van der Waals surface area contributed by atoms with Gasteiger partial charge in [0.25, 0.3) is 5.56 Å². The van der Waals surface area contributed by atoms with E-state index in [0.29, 0.717) is 11.6 Å². The van der Waals surface area contributed by atoms with Gasteiger partial charge in [-0.2, -0.15) is 4.98 Å². The van der Waals surface area contributed by atoms with Crippen molar-refractivity contribution in [3.05, 3.63) is 64.1 Å². The van der Waals surface area contributed by atoms with Crippen molar-refractivity contribution in [2.45, 2.75) is 64.1 Å². The Kier molecular flexibility index (Phi) is 7.88. The monoisotopic (exact) mass is 504 g/mol. The van der Waals surface area contributed by atoms with Gasteiger partial charge >= 0.3 is 0 Å². The van der Waals surface area contributed by atoms with Crippen LogP contribution in [0.15, 0.2) is 47.4 Å². The summed E-state index contributed by atoms with van der Waals surface area (Å²) in [5.74, 6) is 0.538. The van der Waals surface area contributed by atoms with Crippen LogP contribution in [0.4, 0.5) is 5.95 Å². The van der Waals surface area contributed by atoms with E-state index in [9.17, 15) is 4.79 Å². The maximum absolute atomic E-state index is 12.7. The summed E-state index contributed by atoms with van der Waals surface area (Å²) in [6, 6.07) is 12.6. The van der Waals surface area contributed by atoms with Crippen LogP contribution in [0.3, 0.4) is 0 Å². The average molecular weight is 505 g/mol. The largest absolute Gasteiger partial charge is 0.381 e. The number of hydrogen-bond acceptors (Lipinski definition) is 7. The van der Waals surface area contributed by atoms with Gasteiger partial charge in [-0.25, -0.2) is 4.98 Å². The molecule has 0 aliphatic carbocycles. The van der Waals surface area contributed by atoms with E-state index in [0.717, 1.165) is 70.5 Å². The Morgan fingerprint density at radius 3 is 2.43 bits per heavy atom. The molecule has 8 heteroatoms. The first-order valence-corrected chi connectivity index (χ1v) is 13.8. The molecule has 2 aliphatic rings. The zero-order valence-electron chi connectivity index (χ0n) is 22.4. The van der Waals surface area contributed by atoms with Crippen molar-refractivity contribution >= 4 is 17.0 Å². The first kappa shape index (κ1) is 25.8. The maximum atomic E-state index is 12.7. The van der Waals surface area contributed by atoms with Crippen LogP contribution in [0, 0.1) is 0 Å². The van der Waals surface area contributed by atoms with Crippen LogP contribution in [0.5, 0.6) is 0 Å². The van der Waals surface area contributed by atoms with E-state index < -0.39 is 0 Å². The van der Waals surface area contributed by atoms with E-state index in [4.69, 9.17) is 9.72 Å². The minimum atomic E-state index is -0.0129. The Morgan fingerprint density at radius 2 is 1.76 bits per heavy atom. The fourth-order valence-corrected chi connectivity index (χ4v) is 6.06. The van der Waals surface area contributed by atoms with Crippen molar-refractivity contribution in [3.63, 3.8) is 0 Å².